The predicted molar refractivity (Wildman–Crippen MR) is 50.1 cm³/mol. The van der Waals surface area contributed by atoms with Crippen molar-refractivity contribution in [3.63, 3.8) is 0 Å². The maximum atomic E-state index is 5.52. The molecule has 1 aliphatic rings. The summed E-state index contributed by atoms with van der Waals surface area (Å²) in [6.07, 6.45) is 3.68. The van der Waals surface area contributed by atoms with Crippen LogP contribution in [0.5, 0.6) is 0 Å². The third kappa shape index (κ3) is 1.50. The Labute approximate surface area is 78.5 Å². The largest absolute Gasteiger partial charge is 0.380 e. The van der Waals surface area contributed by atoms with E-state index in [0.29, 0.717) is 5.82 Å². The van der Waals surface area contributed by atoms with Gasteiger partial charge in [0.15, 0.2) is 11.6 Å². The van der Waals surface area contributed by atoms with Crippen molar-refractivity contribution >= 4 is 28.4 Å². The van der Waals surface area contributed by atoms with Crippen molar-refractivity contribution in [1.29, 1.82) is 0 Å². The van der Waals surface area contributed by atoms with E-state index >= 15 is 0 Å². The van der Waals surface area contributed by atoms with E-state index in [2.05, 4.69) is 27.7 Å². The van der Waals surface area contributed by atoms with Gasteiger partial charge >= 0.3 is 0 Å². The number of hydrogen-bond acceptors (Lipinski definition) is 3. The van der Waals surface area contributed by atoms with E-state index in [0.717, 1.165) is 21.7 Å². The molecule has 1 aromatic rings. The maximum absolute atomic E-state index is 5.52. The number of nitrogens with two attached hydrogens (primary N) is 1. The van der Waals surface area contributed by atoms with Crippen LogP contribution in [0.15, 0.2) is 4.52 Å². The number of nitrogen functional groups attached to an aromatic ring is 1. The summed E-state index contributed by atoms with van der Waals surface area (Å²) in [5, 5.41) is 3.69. The van der Waals surface area contributed by atoms with Gasteiger partial charge in [0.05, 0.1) is 3.57 Å². The van der Waals surface area contributed by atoms with Gasteiger partial charge in [-0.3, -0.25) is 0 Å². The average molecular weight is 264 g/mol. The fraction of sp³-hybridized carbons (Fsp3) is 0.571. The number of nitrogens with zero attached hydrogens (tertiary/aromatic N) is 1. The molecule has 0 bridgehead atoms. The molecule has 2 rings (SSSR count). The van der Waals surface area contributed by atoms with E-state index in [1.54, 1.807) is 0 Å². The second-order valence-electron chi connectivity index (χ2n) is 2.95. The van der Waals surface area contributed by atoms with Crippen LogP contribution in [0.25, 0.3) is 0 Å². The molecule has 3 nitrogen and oxygen atoms in total. The van der Waals surface area contributed by atoms with E-state index in [1.807, 2.05) is 0 Å². The quantitative estimate of drug-likeness (QED) is 0.829. The summed E-state index contributed by atoms with van der Waals surface area (Å²) < 4.78 is 6.06. The molecule has 0 aliphatic heterocycles. The summed E-state index contributed by atoms with van der Waals surface area (Å²) in [6.45, 7) is 0. The first-order valence-electron chi connectivity index (χ1n) is 3.67. The molecule has 1 fully saturated rings. The molecule has 1 aliphatic carbocycles. The fourth-order valence-corrected chi connectivity index (χ4v) is 1.46. The van der Waals surface area contributed by atoms with Crippen molar-refractivity contribution in [3.8, 4) is 0 Å². The summed E-state index contributed by atoms with van der Waals surface area (Å²) in [6, 6.07) is 0. The highest BCUT2D eigenvalue weighted by Crippen LogP contribution is 2.34. The third-order valence-corrected chi connectivity index (χ3v) is 3.05. The SMILES string of the molecule is Nc1noc(CC2CC2)c1I. The molecule has 1 saturated carbocycles. The van der Waals surface area contributed by atoms with Gasteiger partial charge < -0.3 is 10.3 Å². The number of halogens is 1. The number of anilines is 1. The summed E-state index contributed by atoms with van der Waals surface area (Å²) in [5.41, 5.74) is 5.52. The molecule has 0 radical (unpaired) electrons. The maximum Gasteiger partial charge on any atom is 0.180 e. The van der Waals surface area contributed by atoms with Crippen molar-refractivity contribution in [2.75, 3.05) is 5.73 Å². The van der Waals surface area contributed by atoms with E-state index in [1.165, 1.54) is 12.8 Å². The van der Waals surface area contributed by atoms with Crippen LogP contribution in [-0.2, 0) is 6.42 Å². The molecule has 1 aromatic heterocycles. The minimum Gasteiger partial charge on any atom is -0.380 e. The van der Waals surface area contributed by atoms with Crippen LogP contribution < -0.4 is 5.73 Å². The lowest BCUT2D eigenvalue weighted by molar-refractivity contribution is 0.379. The normalized spacial score (nSPS) is 17.2. The third-order valence-electron chi connectivity index (χ3n) is 1.89. The first kappa shape index (κ1) is 7.39. The zero-order valence-corrected chi connectivity index (χ0v) is 8.17. The van der Waals surface area contributed by atoms with Gasteiger partial charge in [0.2, 0.25) is 0 Å². The second-order valence-corrected chi connectivity index (χ2v) is 4.03. The van der Waals surface area contributed by atoms with Crippen LogP contribution in [0.1, 0.15) is 18.6 Å². The predicted octanol–water partition coefficient (Wildman–Crippen LogP) is 1.81. The molecular formula is C7H9IN2O. The van der Waals surface area contributed by atoms with E-state index < -0.39 is 0 Å². The van der Waals surface area contributed by atoms with Crippen molar-refractivity contribution < 1.29 is 4.52 Å². The minimum atomic E-state index is 0.529. The minimum absolute atomic E-state index is 0.529. The van der Waals surface area contributed by atoms with Gasteiger partial charge in [-0.1, -0.05) is 5.16 Å². The standard InChI is InChI=1S/C7H9IN2O/c8-6-5(3-4-1-2-4)11-10-7(6)9/h4H,1-3H2,(H2,9,10). The Kier molecular flexibility index (Phi) is 1.78. The second kappa shape index (κ2) is 2.66. The monoisotopic (exact) mass is 264 g/mol. The van der Waals surface area contributed by atoms with Gasteiger partial charge in [0.1, 0.15) is 0 Å². The lowest BCUT2D eigenvalue weighted by atomic mass is 10.2. The molecule has 60 valence electrons. The Hall–Kier alpha value is -0.260. The molecule has 11 heavy (non-hydrogen) atoms. The Morgan fingerprint density at radius 2 is 2.36 bits per heavy atom. The molecule has 1 heterocycles. The van der Waals surface area contributed by atoms with E-state index in [-0.39, 0.29) is 0 Å². The van der Waals surface area contributed by atoms with Crippen molar-refractivity contribution in [2.45, 2.75) is 19.3 Å². The molecular weight excluding hydrogens is 255 g/mol. The highest BCUT2D eigenvalue weighted by atomic mass is 127. The van der Waals surface area contributed by atoms with Gasteiger partial charge in [-0.25, -0.2) is 0 Å². The van der Waals surface area contributed by atoms with Crippen LogP contribution in [0.2, 0.25) is 0 Å². The van der Waals surface area contributed by atoms with Crippen LogP contribution >= 0.6 is 22.6 Å². The van der Waals surface area contributed by atoms with Crippen molar-refractivity contribution in [3.05, 3.63) is 9.33 Å². The lowest BCUT2D eigenvalue weighted by Gasteiger charge is -1.90. The van der Waals surface area contributed by atoms with Gasteiger partial charge in [-0.05, 0) is 41.4 Å². The zero-order valence-electron chi connectivity index (χ0n) is 6.01. The lowest BCUT2D eigenvalue weighted by Crippen LogP contribution is -1.89. The smallest absolute Gasteiger partial charge is 0.180 e. The molecule has 0 saturated heterocycles. The van der Waals surface area contributed by atoms with Gasteiger partial charge in [-0.15, -0.1) is 0 Å². The Morgan fingerprint density at radius 1 is 1.64 bits per heavy atom. The molecule has 4 heteroatoms. The summed E-state index contributed by atoms with van der Waals surface area (Å²) in [7, 11) is 0. The van der Waals surface area contributed by atoms with Gasteiger partial charge in [0, 0.05) is 6.42 Å². The van der Waals surface area contributed by atoms with E-state index in [4.69, 9.17) is 10.3 Å². The number of hydrogen-bond donors (Lipinski definition) is 1. The Morgan fingerprint density at radius 3 is 2.82 bits per heavy atom. The molecule has 0 unspecified atom stereocenters. The number of aromatic nitrogens is 1. The first-order valence-corrected chi connectivity index (χ1v) is 4.75. The topological polar surface area (TPSA) is 52.0 Å². The van der Waals surface area contributed by atoms with Crippen LogP contribution in [0.3, 0.4) is 0 Å². The number of rotatable bonds is 2. The van der Waals surface area contributed by atoms with Crippen molar-refractivity contribution in [2.24, 2.45) is 5.92 Å². The summed E-state index contributed by atoms with van der Waals surface area (Å²) in [4.78, 5) is 0. The Bertz CT molecular complexity index is 267. The summed E-state index contributed by atoms with van der Waals surface area (Å²) in [5.74, 6) is 2.32. The Balaban J connectivity index is 2.15. The van der Waals surface area contributed by atoms with Crippen molar-refractivity contribution in [1.82, 2.24) is 5.16 Å². The van der Waals surface area contributed by atoms with Gasteiger partial charge in [0.25, 0.3) is 0 Å². The summed E-state index contributed by atoms with van der Waals surface area (Å²) >= 11 is 2.18. The van der Waals surface area contributed by atoms with Gasteiger partial charge in [-0.2, -0.15) is 0 Å². The first-order chi connectivity index (χ1) is 5.27. The highest BCUT2D eigenvalue weighted by Gasteiger charge is 2.25. The average Bonchev–Trinajstić information content (AvgIpc) is 2.74. The van der Waals surface area contributed by atoms with E-state index in [9.17, 15) is 0 Å². The zero-order chi connectivity index (χ0) is 7.84. The highest BCUT2D eigenvalue weighted by molar-refractivity contribution is 14.1. The fourth-order valence-electron chi connectivity index (χ4n) is 1.04. The molecule has 2 N–H and O–H groups in total. The molecule has 0 atom stereocenters. The van der Waals surface area contributed by atoms with Crippen LogP contribution in [0.4, 0.5) is 5.82 Å². The van der Waals surface area contributed by atoms with Crippen LogP contribution in [0, 0.1) is 9.49 Å². The molecule has 0 spiro atoms. The van der Waals surface area contributed by atoms with Crippen LogP contribution in [-0.4, -0.2) is 5.16 Å². The molecule has 0 amide bonds. The molecule has 0 aromatic carbocycles.